The Morgan fingerprint density at radius 1 is 1.28 bits per heavy atom. The zero-order valence-electron chi connectivity index (χ0n) is 11.1. The second kappa shape index (κ2) is 5.25. The Morgan fingerprint density at radius 3 is 2.56 bits per heavy atom. The summed E-state index contributed by atoms with van der Waals surface area (Å²) in [6, 6.07) is 8.27. The molecule has 0 aromatic heterocycles. The molecule has 0 saturated heterocycles. The van der Waals surface area contributed by atoms with E-state index in [1.807, 2.05) is 32.3 Å². The van der Waals surface area contributed by atoms with Gasteiger partial charge in [0.15, 0.2) is 5.78 Å². The smallest absolute Gasteiger partial charge is 0.161 e. The average molecular weight is 245 g/mol. The molecule has 0 amide bonds. The normalized spacial score (nSPS) is 23.3. The van der Waals surface area contributed by atoms with Crippen LogP contribution < -0.4 is 4.74 Å². The molecular formula is C15H19NO2. The monoisotopic (exact) mass is 245 g/mol. The van der Waals surface area contributed by atoms with E-state index in [0.29, 0.717) is 0 Å². The van der Waals surface area contributed by atoms with Crippen LogP contribution in [-0.4, -0.2) is 30.9 Å². The molecule has 0 aliphatic carbocycles. The van der Waals surface area contributed by atoms with Crippen LogP contribution in [-0.2, 0) is 11.2 Å². The van der Waals surface area contributed by atoms with Gasteiger partial charge in [0.2, 0.25) is 0 Å². The Kier molecular flexibility index (Phi) is 3.70. The van der Waals surface area contributed by atoms with Crippen LogP contribution in [0.1, 0.15) is 12.5 Å². The molecule has 0 unspecified atom stereocenters. The number of rotatable bonds is 3. The van der Waals surface area contributed by atoms with Crippen LogP contribution in [0.4, 0.5) is 0 Å². The summed E-state index contributed by atoms with van der Waals surface area (Å²) in [6.45, 7) is 2.00. The molecule has 3 heteroatoms. The molecule has 1 aromatic carbocycles. The first-order chi connectivity index (χ1) is 8.61. The first-order valence-electron chi connectivity index (χ1n) is 6.18. The van der Waals surface area contributed by atoms with Gasteiger partial charge in [-0.3, -0.25) is 4.79 Å². The van der Waals surface area contributed by atoms with E-state index < -0.39 is 0 Å². The molecule has 0 bridgehead atoms. The van der Waals surface area contributed by atoms with Gasteiger partial charge in [-0.2, -0.15) is 0 Å². The molecule has 1 aliphatic heterocycles. The van der Waals surface area contributed by atoms with Gasteiger partial charge >= 0.3 is 0 Å². The van der Waals surface area contributed by atoms with E-state index in [-0.39, 0.29) is 17.7 Å². The van der Waals surface area contributed by atoms with Crippen LogP contribution in [0.5, 0.6) is 5.75 Å². The maximum absolute atomic E-state index is 11.7. The van der Waals surface area contributed by atoms with Crippen molar-refractivity contribution < 1.29 is 9.53 Å². The highest BCUT2D eigenvalue weighted by molar-refractivity contribution is 5.92. The third-order valence-corrected chi connectivity index (χ3v) is 3.63. The van der Waals surface area contributed by atoms with Crippen molar-refractivity contribution in [3.8, 4) is 5.75 Å². The summed E-state index contributed by atoms with van der Waals surface area (Å²) in [5.74, 6) is 1.12. The Labute approximate surface area is 108 Å². The third kappa shape index (κ3) is 2.55. The molecule has 18 heavy (non-hydrogen) atoms. The lowest BCUT2D eigenvalue weighted by molar-refractivity contribution is -0.120. The van der Waals surface area contributed by atoms with E-state index in [1.165, 1.54) is 5.56 Å². The van der Waals surface area contributed by atoms with Crippen molar-refractivity contribution in [2.45, 2.75) is 19.4 Å². The number of benzene rings is 1. The van der Waals surface area contributed by atoms with Crippen LogP contribution in [0.25, 0.3) is 0 Å². The number of carbonyl (C=O) groups is 1. The molecule has 0 fully saturated rings. The lowest BCUT2D eigenvalue weighted by atomic mass is 9.88. The van der Waals surface area contributed by atoms with Gasteiger partial charge in [-0.05, 0) is 30.2 Å². The number of ether oxygens (including phenoxy) is 1. The summed E-state index contributed by atoms with van der Waals surface area (Å²) in [4.78, 5) is 13.8. The minimum absolute atomic E-state index is 0.0436. The molecule has 0 saturated carbocycles. The average Bonchev–Trinajstić information content (AvgIpc) is 2.40. The predicted molar refractivity (Wildman–Crippen MR) is 71.6 cm³/mol. The summed E-state index contributed by atoms with van der Waals surface area (Å²) in [7, 11) is 3.68. The maximum Gasteiger partial charge on any atom is 0.161 e. The van der Waals surface area contributed by atoms with Gasteiger partial charge in [0.25, 0.3) is 0 Å². The molecule has 0 radical (unpaired) electrons. The van der Waals surface area contributed by atoms with E-state index in [2.05, 4.69) is 17.0 Å². The number of allylic oxidation sites excluding steroid dienone is 1. The van der Waals surface area contributed by atoms with Crippen LogP contribution in [0, 0.1) is 5.92 Å². The molecular weight excluding hydrogens is 226 g/mol. The fourth-order valence-electron chi connectivity index (χ4n) is 2.32. The van der Waals surface area contributed by atoms with Gasteiger partial charge in [0.05, 0.1) is 7.11 Å². The van der Waals surface area contributed by atoms with Crippen molar-refractivity contribution in [2.24, 2.45) is 5.92 Å². The highest BCUT2D eigenvalue weighted by Gasteiger charge is 2.28. The van der Waals surface area contributed by atoms with Crippen molar-refractivity contribution in [2.75, 3.05) is 14.2 Å². The Bertz CT molecular complexity index is 450. The van der Waals surface area contributed by atoms with Crippen LogP contribution in [0.3, 0.4) is 0 Å². The summed E-state index contributed by atoms with van der Waals surface area (Å²) < 4.78 is 5.14. The third-order valence-electron chi connectivity index (χ3n) is 3.63. The van der Waals surface area contributed by atoms with Gasteiger partial charge in [-0.15, -0.1) is 0 Å². The molecule has 0 spiro atoms. The number of hydrogen-bond acceptors (Lipinski definition) is 3. The molecule has 3 nitrogen and oxygen atoms in total. The highest BCUT2D eigenvalue weighted by atomic mass is 16.5. The number of ketones is 1. The Morgan fingerprint density at radius 2 is 1.94 bits per heavy atom. The molecule has 1 heterocycles. The largest absolute Gasteiger partial charge is 0.497 e. The number of methoxy groups -OCH3 is 1. The predicted octanol–water partition coefficient (Wildman–Crippen LogP) is 2.27. The van der Waals surface area contributed by atoms with Gasteiger partial charge in [-0.1, -0.05) is 19.1 Å². The van der Waals surface area contributed by atoms with Crippen molar-refractivity contribution in [3.63, 3.8) is 0 Å². The van der Waals surface area contributed by atoms with Crippen molar-refractivity contribution in [3.05, 3.63) is 42.1 Å². The quantitative estimate of drug-likeness (QED) is 0.818. The number of carbonyl (C=O) groups excluding carboxylic acids is 1. The molecule has 96 valence electrons. The lowest BCUT2D eigenvalue weighted by Crippen LogP contribution is -2.41. The number of hydrogen-bond donors (Lipinski definition) is 0. The van der Waals surface area contributed by atoms with Gasteiger partial charge < -0.3 is 9.64 Å². The van der Waals surface area contributed by atoms with Crippen molar-refractivity contribution in [1.82, 2.24) is 4.90 Å². The highest BCUT2D eigenvalue weighted by Crippen LogP contribution is 2.22. The summed E-state index contributed by atoms with van der Waals surface area (Å²) in [5.41, 5.74) is 1.22. The van der Waals surface area contributed by atoms with E-state index in [4.69, 9.17) is 4.74 Å². The van der Waals surface area contributed by atoms with Crippen molar-refractivity contribution >= 4 is 5.78 Å². The zero-order chi connectivity index (χ0) is 13.1. The van der Waals surface area contributed by atoms with Crippen LogP contribution >= 0.6 is 0 Å². The molecule has 0 N–H and O–H groups in total. The minimum atomic E-state index is 0.0436. The lowest BCUT2D eigenvalue weighted by Gasteiger charge is -2.34. The fourth-order valence-corrected chi connectivity index (χ4v) is 2.32. The zero-order valence-corrected chi connectivity index (χ0v) is 11.1. The summed E-state index contributed by atoms with van der Waals surface area (Å²) >= 11 is 0. The second-order valence-electron chi connectivity index (χ2n) is 4.79. The molecule has 2 atom stereocenters. The van der Waals surface area contributed by atoms with E-state index in [9.17, 15) is 4.79 Å². The van der Waals surface area contributed by atoms with E-state index >= 15 is 0 Å². The first kappa shape index (κ1) is 12.7. The number of nitrogens with zero attached hydrogens (tertiary/aromatic N) is 1. The summed E-state index contributed by atoms with van der Waals surface area (Å²) in [5, 5.41) is 0. The van der Waals surface area contributed by atoms with E-state index in [0.717, 1.165) is 12.2 Å². The molecule has 1 aliphatic rings. The van der Waals surface area contributed by atoms with Crippen molar-refractivity contribution in [1.29, 1.82) is 0 Å². The maximum atomic E-state index is 11.7. The second-order valence-corrected chi connectivity index (χ2v) is 4.79. The van der Waals surface area contributed by atoms with Gasteiger partial charge in [0, 0.05) is 25.2 Å². The Balaban J connectivity index is 2.12. The number of likely N-dealkylation sites (N-methyl/N-ethyl adjacent to an activating group) is 1. The minimum Gasteiger partial charge on any atom is -0.497 e. The topological polar surface area (TPSA) is 29.5 Å². The fraction of sp³-hybridized carbons (Fsp3) is 0.400. The Hall–Kier alpha value is -1.77. The first-order valence-corrected chi connectivity index (χ1v) is 6.18. The van der Waals surface area contributed by atoms with Crippen LogP contribution in [0.15, 0.2) is 36.5 Å². The van der Waals surface area contributed by atoms with Gasteiger partial charge in [0.1, 0.15) is 5.75 Å². The molecule has 2 rings (SSSR count). The standard InChI is InChI=1S/C15H19NO2/c1-11-14(16(2)9-8-15(11)17)10-12-4-6-13(18-3)7-5-12/h4-9,11,14H,10H2,1-3H3/t11-,14-/m1/s1. The molecule has 1 aromatic rings. The van der Waals surface area contributed by atoms with Gasteiger partial charge in [-0.25, -0.2) is 0 Å². The van der Waals surface area contributed by atoms with Crippen LogP contribution in [0.2, 0.25) is 0 Å². The van der Waals surface area contributed by atoms with E-state index in [1.54, 1.807) is 13.2 Å². The summed E-state index contributed by atoms with van der Waals surface area (Å²) in [6.07, 6.45) is 4.41. The SMILES string of the molecule is COc1ccc(C[C@@H]2[C@@H](C)C(=O)C=CN2C)cc1.